The van der Waals surface area contributed by atoms with Crippen molar-refractivity contribution in [2.24, 2.45) is 0 Å². The molecule has 0 unspecified atom stereocenters. The minimum Gasteiger partial charge on any atom is -0.474 e. The van der Waals surface area contributed by atoms with Crippen molar-refractivity contribution < 1.29 is 4.74 Å². The van der Waals surface area contributed by atoms with E-state index in [0.29, 0.717) is 6.61 Å². The summed E-state index contributed by atoms with van der Waals surface area (Å²) in [4.78, 5) is 4.21. The topological polar surface area (TPSA) is 34.2 Å². The van der Waals surface area contributed by atoms with Gasteiger partial charge in [0.25, 0.3) is 0 Å². The molecule has 0 spiro atoms. The smallest absolute Gasteiger partial charge is 0.237 e. The number of nitrogens with one attached hydrogen (secondary N) is 1. The number of anilines is 1. The van der Waals surface area contributed by atoms with Gasteiger partial charge in [-0.25, -0.2) is 4.98 Å². The molecule has 1 aliphatic rings. The van der Waals surface area contributed by atoms with E-state index in [-0.39, 0.29) is 5.41 Å². The highest BCUT2D eigenvalue weighted by molar-refractivity contribution is 5.61. The third kappa shape index (κ3) is 1.54. The first-order valence-electron chi connectivity index (χ1n) is 4.95. The SMILES string of the molecule is CC(C)(C)c1ccnc2c1NCCO2. The van der Waals surface area contributed by atoms with Gasteiger partial charge in [-0.1, -0.05) is 20.8 Å². The van der Waals surface area contributed by atoms with E-state index in [4.69, 9.17) is 4.74 Å². The van der Waals surface area contributed by atoms with Gasteiger partial charge >= 0.3 is 0 Å². The van der Waals surface area contributed by atoms with Crippen LogP contribution in [0.1, 0.15) is 26.3 Å². The van der Waals surface area contributed by atoms with Crippen LogP contribution in [-0.2, 0) is 5.41 Å². The van der Waals surface area contributed by atoms with Crippen LogP contribution < -0.4 is 10.1 Å². The summed E-state index contributed by atoms with van der Waals surface area (Å²) in [5, 5.41) is 3.35. The summed E-state index contributed by atoms with van der Waals surface area (Å²) in [6.45, 7) is 8.14. The van der Waals surface area contributed by atoms with Crippen molar-refractivity contribution in [3.63, 3.8) is 0 Å². The van der Waals surface area contributed by atoms with Gasteiger partial charge in [-0.15, -0.1) is 0 Å². The van der Waals surface area contributed by atoms with E-state index in [1.165, 1.54) is 5.56 Å². The molecular formula is C11H16N2O. The quantitative estimate of drug-likeness (QED) is 0.684. The highest BCUT2D eigenvalue weighted by Crippen LogP contribution is 2.35. The fraction of sp³-hybridized carbons (Fsp3) is 0.545. The molecule has 76 valence electrons. The Labute approximate surface area is 84.5 Å². The van der Waals surface area contributed by atoms with Crippen molar-refractivity contribution in [1.82, 2.24) is 4.98 Å². The molecule has 1 N–H and O–H groups in total. The fourth-order valence-corrected chi connectivity index (χ4v) is 1.67. The Morgan fingerprint density at radius 3 is 2.93 bits per heavy atom. The highest BCUT2D eigenvalue weighted by Gasteiger charge is 2.23. The Morgan fingerprint density at radius 2 is 2.21 bits per heavy atom. The molecule has 1 aliphatic heterocycles. The number of hydrogen-bond donors (Lipinski definition) is 1. The second kappa shape index (κ2) is 3.15. The van der Waals surface area contributed by atoms with E-state index in [0.717, 1.165) is 18.1 Å². The number of ether oxygens (including phenoxy) is 1. The minimum absolute atomic E-state index is 0.126. The van der Waals surface area contributed by atoms with Crippen LogP contribution >= 0.6 is 0 Å². The molecule has 2 rings (SSSR count). The zero-order valence-corrected chi connectivity index (χ0v) is 8.92. The Bertz CT molecular complexity index is 342. The van der Waals surface area contributed by atoms with Crippen LogP contribution in [-0.4, -0.2) is 18.1 Å². The molecule has 1 aromatic heterocycles. The summed E-state index contributed by atoms with van der Waals surface area (Å²) in [7, 11) is 0. The largest absolute Gasteiger partial charge is 0.474 e. The average molecular weight is 192 g/mol. The maximum atomic E-state index is 5.49. The van der Waals surface area contributed by atoms with Gasteiger partial charge in [0.05, 0.1) is 0 Å². The zero-order chi connectivity index (χ0) is 10.2. The van der Waals surface area contributed by atoms with Crippen LogP contribution in [0, 0.1) is 0 Å². The Kier molecular flexibility index (Phi) is 2.10. The number of hydrogen-bond acceptors (Lipinski definition) is 3. The second-order valence-electron chi connectivity index (χ2n) is 4.56. The van der Waals surface area contributed by atoms with E-state index in [2.05, 4.69) is 37.1 Å². The third-order valence-corrected chi connectivity index (χ3v) is 2.37. The molecule has 0 aliphatic carbocycles. The monoisotopic (exact) mass is 192 g/mol. The van der Waals surface area contributed by atoms with E-state index in [1.807, 2.05) is 6.20 Å². The standard InChI is InChI=1S/C11H16N2O/c1-11(2,3)8-4-5-13-10-9(8)12-6-7-14-10/h4-5,12H,6-7H2,1-3H3. The molecule has 3 heteroatoms. The Morgan fingerprint density at radius 1 is 1.43 bits per heavy atom. The first-order chi connectivity index (χ1) is 6.59. The molecule has 0 saturated heterocycles. The normalized spacial score (nSPS) is 15.4. The molecule has 0 amide bonds. The highest BCUT2D eigenvalue weighted by atomic mass is 16.5. The summed E-state index contributed by atoms with van der Waals surface area (Å²) in [6, 6.07) is 2.06. The maximum Gasteiger partial charge on any atom is 0.237 e. The summed E-state index contributed by atoms with van der Waals surface area (Å²) in [5.41, 5.74) is 2.45. The predicted molar refractivity (Wildman–Crippen MR) is 56.9 cm³/mol. The van der Waals surface area contributed by atoms with Crippen molar-refractivity contribution >= 4 is 5.69 Å². The molecular weight excluding hydrogens is 176 g/mol. The lowest BCUT2D eigenvalue weighted by atomic mass is 9.86. The summed E-state index contributed by atoms with van der Waals surface area (Å²) >= 11 is 0. The zero-order valence-electron chi connectivity index (χ0n) is 8.92. The van der Waals surface area contributed by atoms with Gasteiger partial charge in [-0.05, 0) is 17.0 Å². The van der Waals surface area contributed by atoms with Crippen molar-refractivity contribution in [2.75, 3.05) is 18.5 Å². The fourth-order valence-electron chi connectivity index (χ4n) is 1.67. The molecule has 0 fully saturated rings. The number of pyridine rings is 1. The minimum atomic E-state index is 0.126. The van der Waals surface area contributed by atoms with E-state index < -0.39 is 0 Å². The third-order valence-electron chi connectivity index (χ3n) is 2.37. The molecule has 0 saturated carbocycles. The average Bonchev–Trinajstić information content (AvgIpc) is 2.15. The van der Waals surface area contributed by atoms with E-state index >= 15 is 0 Å². The van der Waals surface area contributed by atoms with Crippen molar-refractivity contribution in [1.29, 1.82) is 0 Å². The summed E-state index contributed by atoms with van der Waals surface area (Å²) < 4.78 is 5.49. The molecule has 1 aromatic rings. The molecule has 3 nitrogen and oxygen atoms in total. The van der Waals surface area contributed by atoms with Gasteiger partial charge in [-0.2, -0.15) is 0 Å². The van der Waals surface area contributed by atoms with Gasteiger partial charge in [0.1, 0.15) is 12.3 Å². The molecule has 0 bridgehead atoms. The number of nitrogens with zero attached hydrogens (tertiary/aromatic N) is 1. The van der Waals surface area contributed by atoms with Crippen LogP contribution in [0.2, 0.25) is 0 Å². The lowest BCUT2D eigenvalue weighted by Crippen LogP contribution is -2.23. The number of fused-ring (bicyclic) bond motifs is 1. The van der Waals surface area contributed by atoms with Crippen LogP contribution in [0.25, 0.3) is 0 Å². The molecule has 2 heterocycles. The van der Waals surface area contributed by atoms with Crippen molar-refractivity contribution in [2.45, 2.75) is 26.2 Å². The summed E-state index contributed by atoms with van der Waals surface area (Å²) in [6.07, 6.45) is 1.81. The van der Waals surface area contributed by atoms with E-state index in [1.54, 1.807) is 0 Å². The first kappa shape index (κ1) is 9.31. The number of aromatic nitrogens is 1. The van der Waals surface area contributed by atoms with Crippen molar-refractivity contribution in [3.8, 4) is 5.88 Å². The lowest BCUT2D eigenvalue weighted by molar-refractivity contribution is 0.309. The van der Waals surface area contributed by atoms with Gasteiger partial charge in [0.2, 0.25) is 5.88 Å². The first-order valence-corrected chi connectivity index (χ1v) is 4.95. The van der Waals surface area contributed by atoms with Gasteiger partial charge in [-0.3, -0.25) is 0 Å². The van der Waals surface area contributed by atoms with Gasteiger partial charge in [0, 0.05) is 12.7 Å². The Balaban J connectivity index is 2.51. The molecule has 14 heavy (non-hydrogen) atoms. The lowest BCUT2D eigenvalue weighted by Gasteiger charge is -2.27. The van der Waals surface area contributed by atoms with Crippen LogP contribution in [0.15, 0.2) is 12.3 Å². The van der Waals surface area contributed by atoms with Crippen LogP contribution in [0.5, 0.6) is 5.88 Å². The maximum absolute atomic E-state index is 5.49. The second-order valence-corrected chi connectivity index (χ2v) is 4.56. The van der Waals surface area contributed by atoms with Gasteiger partial charge < -0.3 is 10.1 Å². The van der Waals surface area contributed by atoms with Crippen molar-refractivity contribution in [3.05, 3.63) is 17.8 Å². The van der Waals surface area contributed by atoms with Crippen LogP contribution in [0.3, 0.4) is 0 Å². The van der Waals surface area contributed by atoms with Gasteiger partial charge in [0.15, 0.2) is 0 Å². The molecule has 0 atom stereocenters. The molecule has 0 radical (unpaired) electrons. The Hall–Kier alpha value is -1.25. The summed E-state index contributed by atoms with van der Waals surface area (Å²) in [5.74, 6) is 0.740. The predicted octanol–water partition coefficient (Wildman–Crippen LogP) is 2.18. The van der Waals surface area contributed by atoms with E-state index in [9.17, 15) is 0 Å². The number of rotatable bonds is 0. The van der Waals surface area contributed by atoms with Crippen LogP contribution in [0.4, 0.5) is 5.69 Å². The molecule has 0 aromatic carbocycles.